The van der Waals surface area contributed by atoms with Gasteiger partial charge in [-0.2, -0.15) is 0 Å². The van der Waals surface area contributed by atoms with Crippen molar-refractivity contribution in [2.45, 2.75) is 56.3 Å². The van der Waals surface area contributed by atoms with Gasteiger partial charge in [0.05, 0.1) is 19.2 Å². The van der Waals surface area contributed by atoms with E-state index >= 15 is 0 Å². The molecule has 0 saturated heterocycles. The van der Waals surface area contributed by atoms with Gasteiger partial charge in [0.1, 0.15) is 18.1 Å². The van der Waals surface area contributed by atoms with Gasteiger partial charge in [0, 0.05) is 13.1 Å². The Morgan fingerprint density at radius 2 is 1.30 bits per heavy atom. The van der Waals surface area contributed by atoms with Gasteiger partial charge in [0.2, 0.25) is 23.6 Å². The number of nitrogens with zero attached hydrogens (tertiary/aromatic N) is 2. The molecule has 0 aliphatic rings. The number of nitrogens with two attached hydrogens (primary N) is 5. The molecule has 18 heteroatoms. The number of aliphatic hydroxyl groups is 1. The Labute approximate surface area is 254 Å². The van der Waals surface area contributed by atoms with E-state index in [1.165, 1.54) is 0 Å². The molecule has 0 bridgehead atoms. The molecular formula is C26H43N11O7. The number of aliphatic hydroxyl groups excluding tert-OH is 1. The van der Waals surface area contributed by atoms with Crippen LogP contribution in [0.5, 0.6) is 0 Å². The molecule has 1 rings (SSSR count). The molecule has 0 heterocycles. The second-order valence-corrected chi connectivity index (χ2v) is 9.67. The Morgan fingerprint density at radius 1 is 0.750 bits per heavy atom. The number of carbonyl (C=O) groups excluding carboxylic acids is 4. The van der Waals surface area contributed by atoms with E-state index in [-0.39, 0.29) is 57.1 Å². The van der Waals surface area contributed by atoms with Crippen LogP contribution in [0.15, 0.2) is 40.3 Å². The number of hydrogen-bond donors (Lipinski definition) is 11. The first kappa shape index (κ1) is 37.1. The summed E-state index contributed by atoms with van der Waals surface area (Å²) in [4.78, 5) is 69.9. The molecule has 4 atom stereocenters. The number of guanidine groups is 2. The molecule has 0 spiro atoms. The molecule has 0 aromatic heterocycles. The lowest BCUT2D eigenvalue weighted by atomic mass is 10.1. The lowest BCUT2D eigenvalue weighted by Crippen LogP contribution is -2.56. The lowest BCUT2D eigenvalue weighted by molar-refractivity contribution is -0.142. The standard InChI is InChI=1S/C26H43N11O7/c27-16(12-15-6-2-1-3-7-15)21(40)37-19(14-38)22(41)34-13-20(39)35-17(8-4-10-32-25(28)29)23(42)36-18(24(43)44)9-5-11-33-26(30)31/h1-3,6-7,16-19,38H,4-5,8-14,27H2,(H,34,41)(H,35,39)(H,36,42)(H,37,40)(H,43,44)(H4,28,29,32)(H4,30,31,33)/t16-,17-,18-,19-/m0/s1. The van der Waals surface area contributed by atoms with Crippen LogP contribution in [0.1, 0.15) is 31.2 Å². The van der Waals surface area contributed by atoms with Crippen LogP contribution in [0.3, 0.4) is 0 Å². The van der Waals surface area contributed by atoms with Gasteiger partial charge in [0.15, 0.2) is 11.9 Å². The van der Waals surface area contributed by atoms with Gasteiger partial charge in [-0.1, -0.05) is 30.3 Å². The topological polar surface area (TPSA) is 329 Å². The summed E-state index contributed by atoms with van der Waals surface area (Å²) >= 11 is 0. The first-order valence-electron chi connectivity index (χ1n) is 13.8. The Kier molecular flexibility index (Phi) is 16.9. The van der Waals surface area contributed by atoms with Gasteiger partial charge in [0.25, 0.3) is 0 Å². The average Bonchev–Trinajstić information content (AvgIpc) is 2.97. The summed E-state index contributed by atoms with van der Waals surface area (Å²) in [5.74, 6) is -4.78. The van der Waals surface area contributed by atoms with Crippen molar-refractivity contribution in [2.24, 2.45) is 38.7 Å². The molecule has 1 aromatic carbocycles. The summed E-state index contributed by atoms with van der Waals surface area (Å²) < 4.78 is 0. The molecule has 18 nitrogen and oxygen atoms in total. The third kappa shape index (κ3) is 15.3. The lowest BCUT2D eigenvalue weighted by Gasteiger charge is -2.22. The van der Waals surface area contributed by atoms with Crippen molar-refractivity contribution in [1.29, 1.82) is 0 Å². The third-order valence-corrected chi connectivity index (χ3v) is 6.03. The third-order valence-electron chi connectivity index (χ3n) is 6.03. The zero-order valence-corrected chi connectivity index (χ0v) is 24.3. The fraction of sp³-hybridized carbons (Fsp3) is 0.500. The van der Waals surface area contributed by atoms with Crippen LogP contribution in [0.2, 0.25) is 0 Å². The maximum Gasteiger partial charge on any atom is 0.326 e. The summed E-state index contributed by atoms with van der Waals surface area (Å²) in [6, 6.07) is 4.05. The van der Waals surface area contributed by atoms with Gasteiger partial charge < -0.3 is 60.1 Å². The van der Waals surface area contributed by atoms with E-state index in [1.807, 2.05) is 6.07 Å². The summed E-state index contributed by atoms with van der Waals surface area (Å²) in [6.07, 6.45) is 0.721. The number of carbonyl (C=O) groups is 5. The minimum atomic E-state index is -1.40. The average molecular weight is 622 g/mol. The quantitative estimate of drug-likeness (QED) is 0.0372. The normalized spacial score (nSPS) is 13.2. The summed E-state index contributed by atoms with van der Waals surface area (Å²) in [5.41, 5.74) is 27.8. The number of aliphatic carboxylic acids is 1. The Morgan fingerprint density at radius 3 is 1.82 bits per heavy atom. The first-order valence-corrected chi connectivity index (χ1v) is 13.8. The zero-order valence-electron chi connectivity index (χ0n) is 24.3. The molecule has 0 unspecified atom stereocenters. The number of carboxylic acids is 1. The second-order valence-electron chi connectivity index (χ2n) is 9.67. The Balaban J connectivity index is 2.77. The zero-order chi connectivity index (χ0) is 33.1. The fourth-order valence-corrected chi connectivity index (χ4v) is 3.78. The van der Waals surface area contributed by atoms with Crippen LogP contribution in [-0.2, 0) is 30.4 Å². The van der Waals surface area contributed by atoms with Gasteiger partial charge in [-0.25, -0.2) is 4.79 Å². The molecule has 0 aliphatic carbocycles. The number of hydrogen-bond acceptors (Lipinski definition) is 9. The first-order chi connectivity index (χ1) is 20.8. The van der Waals surface area contributed by atoms with Crippen molar-refractivity contribution in [3.8, 4) is 0 Å². The number of benzene rings is 1. The predicted molar refractivity (Wildman–Crippen MR) is 161 cm³/mol. The number of carboxylic acid groups (broad SMARTS) is 1. The molecule has 44 heavy (non-hydrogen) atoms. The van der Waals surface area contributed by atoms with Crippen molar-refractivity contribution >= 4 is 41.5 Å². The van der Waals surface area contributed by atoms with Crippen molar-refractivity contribution in [3.63, 3.8) is 0 Å². The minimum Gasteiger partial charge on any atom is -0.480 e. The predicted octanol–water partition coefficient (Wildman–Crippen LogP) is -4.69. The van der Waals surface area contributed by atoms with Gasteiger partial charge >= 0.3 is 5.97 Å². The number of rotatable bonds is 20. The molecular weight excluding hydrogens is 578 g/mol. The van der Waals surface area contributed by atoms with Crippen LogP contribution in [0.4, 0.5) is 0 Å². The van der Waals surface area contributed by atoms with Crippen molar-refractivity contribution in [1.82, 2.24) is 21.3 Å². The molecule has 16 N–H and O–H groups in total. The molecule has 4 amide bonds. The molecule has 0 radical (unpaired) electrons. The van der Waals surface area contributed by atoms with Crippen LogP contribution < -0.4 is 49.9 Å². The molecule has 0 aliphatic heterocycles. The fourth-order valence-electron chi connectivity index (χ4n) is 3.78. The van der Waals surface area contributed by atoms with E-state index in [0.29, 0.717) is 0 Å². The van der Waals surface area contributed by atoms with Crippen LogP contribution in [-0.4, -0.2) is 102 Å². The molecule has 1 aromatic rings. The molecule has 0 saturated carbocycles. The maximum absolute atomic E-state index is 12.9. The van der Waals surface area contributed by atoms with Crippen LogP contribution in [0.25, 0.3) is 0 Å². The number of amides is 4. The highest BCUT2D eigenvalue weighted by Crippen LogP contribution is 2.04. The Hall–Kier alpha value is -4.97. The van der Waals surface area contributed by atoms with Crippen molar-refractivity contribution in [2.75, 3.05) is 26.2 Å². The minimum absolute atomic E-state index is 0.00581. The Bertz CT molecular complexity index is 1160. The van der Waals surface area contributed by atoms with Gasteiger partial charge in [-0.05, 0) is 37.7 Å². The van der Waals surface area contributed by atoms with Crippen molar-refractivity contribution < 1.29 is 34.2 Å². The monoisotopic (exact) mass is 621 g/mol. The SMILES string of the molecule is NC(N)=NCCC[C@H](NC(=O)[C@H](CCCN=C(N)N)NC(=O)CNC(=O)[C@H](CO)NC(=O)[C@@H](N)Cc1ccccc1)C(=O)O. The second kappa shape index (κ2) is 20.0. The summed E-state index contributed by atoms with van der Waals surface area (Å²) in [7, 11) is 0. The van der Waals surface area contributed by atoms with E-state index < -0.39 is 66.9 Å². The van der Waals surface area contributed by atoms with E-state index in [1.54, 1.807) is 24.3 Å². The highest BCUT2D eigenvalue weighted by Gasteiger charge is 2.27. The highest BCUT2D eigenvalue weighted by molar-refractivity contribution is 5.94. The van der Waals surface area contributed by atoms with E-state index in [9.17, 15) is 34.2 Å². The smallest absolute Gasteiger partial charge is 0.326 e. The van der Waals surface area contributed by atoms with Crippen LogP contribution in [0, 0.1) is 0 Å². The van der Waals surface area contributed by atoms with Gasteiger partial charge in [-0.15, -0.1) is 0 Å². The molecule has 0 fully saturated rings. The number of nitrogens with one attached hydrogen (secondary N) is 4. The largest absolute Gasteiger partial charge is 0.480 e. The summed E-state index contributed by atoms with van der Waals surface area (Å²) in [5, 5.41) is 28.6. The van der Waals surface area contributed by atoms with Crippen molar-refractivity contribution in [3.05, 3.63) is 35.9 Å². The van der Waals surface area contributed by atoms with E-state index in [2.05, 4.69) is 31.3 Å². The maximum atomic E-state index is 12.9. The van der Waals surface area contributed by atoms with Gasteiger partial charge in [-0.3, -0.25) is 29.2 Å². The van der Waals surface area contributed by atoms with E-state index in [4.69, 9.17) is 28.7 Å². The number of aliphatic imine (C=N–C) groups is 2. The van der Waals surface area contributed by atoms with E-state index in [0.717, 1.165) is 5.56 Å². The summed E-state index contributed by atoms with van der Waals surface area (Å²) in [6.45, 7) is -1.12. The highest BCUT2D eigenvalue weighted by atomic mass is 16.4. The van der Waals surface area contributed by atoms with Crippen LogP contribution >= 0.6 is 0 Å². The molecule has 244 valence electrons.